The first-order chi connectivity index (χ1) is 6.74. The predicted octanol–water partition coefficient (Wildman–Crippen LogP) is 1.15. The summed E-state index contributed by atoms with van der Waals surface area (Å²) in [6, 6.07) is 10.3. The topological polar surface area (TPSA) is 18.5 Å². The van der Waals surface area contributed by atoms with Gasteiger partial charge in [0.15, 0.2) is 9.04 Å². The van der Waals surface area contributed by atoms with Crippen LogP contribution in [0.1, 0.15) is 6.92 Å². The first-order valence-electron chi connectivity index (χ1n) is 5.06. The van der Waals surface area contributed by atoms with E-state index in [9.17, 15) is 0 Å². The molecule has 0 aliphatic carbocycles. The molecule has 1 aromatic carbocycles. The molecule has 78 valence electrons. The van der Waals surface area contributed by atoms with E-state index in [4.69, 9.17) is 8.54 Å². The van der Waals surface area contributed by atoms with E-state index in [1.54, 1.807) is 0 Å². The van der Waals surface area contributed by atoms with Crippen molar-refractivity contribution in [2.45, 2.75) is 20.0 Å². The second-order valence-corrected chi connectivity index (χ2v) is 8.23. The third kappa shape index (κ3) is 3.75. The fourth-order valence-electron chi connectivity index (χ4n) is 1.22. The van der Waals surface area contributed by atoms with Crippen LogP contribution in [-0.4, -0.2) is 24.9 Å². The second kappa shape index (κ2) is 6.13. The average molecular weight is 226 g/mol. The molecule has 0 aliphatic rings. The Morgan fingerprint density at radius 3 is 2.29 bits per heavy atom. The van der Waals surface area contributed by atoms with Crippen LogP contribution >= 0.6 is 0 Å². The zero-order chi connectivity index (χ0) is 10.4. The summed E-state index contributed by atoms with van der Waals surface area (Å²) in [6.07, 6.45) is 0. The Morgan fingerprint density at radius 2 is 1.79 bits per heavy atom. The van der Waals surface area contributed by atoms with Gasteiger partial charge in [0.05, 0.1) is 0 Å². The summed E-state index contributed by atoms with van der Waals surface area (Å²) in [7, 11) is -2.58. The van der Waals surface area contributed by atoms with Gasteiger partial charge in [-0.15, -0.1) is 0 Å². The summed E-state index contributed by atoms with van der Waals surface area (Å²) in [5.74, 6) is 0. The average Bonchev–Trinajstić information content (AvgIpc) is 2.18. The molecule has 0 aliphatic heterocycles. The van der Waals surface area contributed by atoms with Crippen molar-refractivity contribution in [2.75, 3.05) is 6.61 Å². The third-order valence-corrected chi connectivity index (χ3v) is 6.52. The van der Waals surface area contributed by atoms with Crippen LogP contribution in [-0.2, 0) is 8.54 Å². The predicted molar refractivity (Wildman–Crippen MR) is 64.8 cm³/mol. The molecular formula is C10H18O2Si2. The molecule has 1 rings (SSSR count). The Kier molecular flexibility index (Phi) is 5.10. The largest absolute Gasteiger partial charge is 0.438 e. The van der Waals surface area contributed by atoms with Crippen LogP contribution in [0.4, 0.5) is 0 Å². The highest BCUT2D eigenvalue weighted by molar-refractivity contribution is 6.70. The lowest BCUT2D eigenvalue weighted by Crippen LogP contribution is -2.40. The van der Waals surface area contributed by atoms with E-state index >= 15 is 0 Å². The van der Waals surface area contributed by atoms with Crippen molar-refractivity contribution in [3.63, 3.8) is 0 Å². The molecule has 0 heterocycles. The van der Waals surface area contributed by atoms with Gasteiger partial charge in [0.25, 0.3) is 0 Å². The Morgan fingerprint density at radius 1 is 1.14 bits per heavy atom. The van der Waals surface area contributed by atoms with E-state index in [2.05, 4.69) is 25.2 Å². The van der Waals surface area contributed by atoms with E-state index < -0.39 is 18.3 Å². The van der Waals surface area contributed by atoms with Crippen LogP contribution in [0, 0.1) is 0 Å². The molecule has 0 saturated carbocycles. The highest BCUT2D eigenvalue weighted by Gasteiger charge is 2.16. The quantitative estimate of drug-likeness (QED) is 0.701. The minimum Gasteiger partial charge on any atom is -0.438 e. The molecule has 0 bridgehead atoms. The fourth-order valence-corrected chi connectivity index (χ4v) is 5.17. The summed E-state index contributed by atoms with van der Waals surface area (Å²) in [6.45, 7) is 7.13. The van der Waals surface area contributed by atoms with E-state index in [1.165, 1.54) is 5.19 Å². The van der Waals surface area contributed by atoms with E-state index in [0.29, 0.717) is 0 Å². The molecular weight excluding hydrogens is 208 g/mol. The molecule has 1 unspecified atom stereocenters. The Bertz CT molecular complexity index is 252. The highest BCUT2D eigenvalue weighted by Crippen LogP contribution is 1.96. The van der Waals surface area contributed by atoms with Crippen LogP contribution in [0.3, 0.4) is 0 Å². The third-order valence-electron chi connectivity index (χ3n) is 1.79. The van der Waals surface area contributed by atoms with Crippen molar-refractivity contribution in [1.82, 2.24) is 0 Å². The van der Waals surface area contributed by atoms with E-state index in [1.807, 2.05) is 25.1 Å². The van der Waals surface area contributed by atoms with Gasteiger partial charge in [0, 0.05) is 6.61 Å². The van der Waals surface area contributed by atoms with Gasteiger partial charge in [0.1, 0.15) is 0 Å². The Labute approximate surface area is 89.4 Å². The van der Waals surface area contributed by atoms with Crippen molar-refractivity contribution in [1.29, 1.82) is 0 Å². The molecule has 0 N–H and O–H groups in total. The summed E-state index contributed by atoms with van der Waals surface area (Å²) in [5.41, 5.74) is 0. The van der Waals surface area contributed by atoms with Crippen molar-refractivity contribution < 1.29 is 8.54 Å². The van der Waals surface area contributed by atoms with Gasteiger partial charge in [-0.1, -0.05) is 30.3 Å². The first-order valence-corrected chi connectivity index (χ1v) is 9.36. The van der Waals surface area contributed by atoms with Crippen LogP contribution in [0.15, 0.2) is 30.3 Å². The van der Waals surface area contributed by atoms with Gasteiger partial charge < -0.3 is 8.54 Å². The van der Waals surface area contributed by atoms with Gasteiger partial charge in [-0.2, -0.15) is 0 Å². The minimum absolute atomic E-state index is 0.743. The zero-order valence-electron chi connectivity index (χ0n) is 9.07. The smallest absolute Gasteiger partial charge is 0.345 e. The molecule has 0 fully saturated rings. The molecule has 0 radical (unpaired) electrons. The molecule has 0 saturated heterocycles. The maximum Gasteiger partial charge on any atom is 0.345 e. The van der Waals surface area contributed by atoms with Gasteiger partial charge >= 0.3 is 9.28 Å². The van der Waals surface area contributed by atoms with Crippen LogP contribution in [0.5, 0.6) is 0 Å². The molecule has 1 atom stereocenters. The fraction of sp³-hybridized carbons (Fsp3) is 0.400. The van der Waals surface area contributed by atoms with Gasteiger partial charge in [-0.05, 0) is 25.2 Å². The normalized spacial score (nSPS) is 13.1. The van der Waals surface area contributed by atoms with Crippen molar-refractivity contribution in [3.05, 3.63) is 30.3 Å². The SMILES string of the molecule is CCO[SiH](O[SiH](C)C)c1ccccc1. The lowest BCUT2D eigenvalue weighted by Gasteiger charge is -2.18. The molecule has 0 spiro atoms. The zero-order valence-corrected chi connectivity index (χ0v) is 11.4. The monoisotopic (exact) mass is 226 g/mol. The summed E-state index contributed by atoms with van der Waals surface area (Å²) in [4.78, 5) is 0. The van der Waals surface area contributed by atoms with Crippen LogP contribution < -0.4 is 5.19 Å². The van der Waals surface area contributed by atoms with Gasteiger partial charge in [-0.25, -0.2) is 0 Å². The molecule has 2 nitrogen and oxygen atoms in total. The van der Waals surface area contributed by atoms with Crippen LogP contribution in [0.2, 0.25) is 13.1 Å². The number of hydrogen-bond donors (Lipinski definition) is 0. The number of rotatable bonds is 5. The second-order valence-electron chi connectivity index (χ2n) is 3.38. The van der Waals surface area contributed by atoms with Gasteiger partial charge in [0.2, 0.25) is 0 Å². The molecule has 0 amide bonds. The summed E-state index contributed by atoms with van der Waals surface area (Å²) < 4.78 is 11.6. The first kappa shape index (κ1) is 11.6. The number of benzene rings is 1. The lowest BCUT2D eigenvalue weighted by molar-refractivity contribution is 0.295. The Balaban J connectivity index is 2.67. The molecule has 0 aromatic heterocycles. The minimum atomic E-state index is -1.59. The number of hydrogen-bond acceptors (Lipinski definition) is 2. The molecule has 4 heteroatoms. The summed E-state index contributed by atoms with van der Waals surface area (Å²) in [5, 5.41) is 1.25. The summed E-state index contributed by atoms with van der Waals surface area (Å²) >= 11 is 0. The maximum absolute atomic E-state index is 5.93. The van der Waals surface area contributed by atoms with Crippen molar-refractivity contribution in [2.24, 2.45) is 0 Å². The van der Waals surface area contributed by atoms with E-state index in [0.717, 1.165) is 6.61 Å². The van der Waals surface area contributed by atoms with Crippen molar-refractivity contribution >= 4 is 23.5 Å². The van der Waals surface area contributed by atoms with Crippen molar-refractivity contribution in [3.8, 4) is 0 Å². The molecule has 14 heavy (non-hydrogen) atoms. The van der Waals surface area contributed by atoms with Gasteiger partial charge in [-0.3, -0.25) is 0 Å². The maximum atomic E-state index is 5.93. The Hall–Kier alpha value is -0.426. The lowest BCUT2D eigenvalue weighted by atomic mass is 10.4. The standard InChI is InChI=1S/C10H18O2Si2/c1-4-11-14(12-13(2)3)10-8-6-5-7-9-10/h5-9,13-14H,4H2,1-3H3. The van der Waals surface area contributed by atoms with Crippen LogP contribution in [0.25, 0.3) is 0 Å². The molecule has 1 aromatic rings. The highest BCUT2D eigenvalue weighted by atomic mass is 28.4. The van der Waals surface area contributed by atoms with E-state index in [-0.39, 0.29) is 0 Å².